The molecule has 1 N–H and O–H groups in total. The summed E-state index contributed by atoms with van der Waals surface area (Å²) in [7, 11) is 0. The zero-order valence-corrected chi connectivity index (χ0v) is 8.42. The molecule has 1 fully saturated rings. The number of benzene rings is 1. The third-order valence-corrected chi connectivity index (χ3v) is 3.76. The largest absolute Gasteiger partial charge is 0.325 e. The minimum Gasteiger partial charge on any atom is -0.325 e. The zero-order valence-electron chi connectivity index (χ0n) is 8.42. The van der Waals surface area contributed by atoms with Gasteiger partial charge < -0.3 is 5.32 Å². The smallest absolute Gasteiger partial charge is 0.235 e. The highest BCUT2D eigenvalue weighted by Crippen LogP contribution is 2.68. The highest BCUT2D eigenvalue weighted by molar-refractivity contribution is 6.09. The van der Waals surface area contributed by atoms with E-state index in [-0.39, 0.29) is 16.7 Å². The maximum Gasteiger partial charge on any atom is 0.235 e. The molecule has 72 valence electrons. The number of rotatable bonds is 0. The molecule has 1 spiro atoms. The average Bonchev–Trinajstić information content (AvgIpc) is 2.59. The topological polar surface area (TPSA) is 29.1 Å². The number of para-hydroxylation sites is 1. The van der Waals surface area contributed by atoms with Crippen LogP contribution in [0.2, 0.25) is 0 Å². The molecular formula is C12H13NO. The molecule has 1 aromatic rings. The summed E-state index contributed by atoms with van der Waals surface area (Å²) in [6.45, 7) is 4.32. The third-order valence-electron chi connectivity index (χ3n) is 3.76. The first-order valence-corrected chi connectivity index (χ1v) is 4.99. The lowest BCUT2D eigenvalue weighted by Gasteiger charge is -2.11. The van der Waals surface area contributed by atoms with Crippen LogP contribution in [0.3, 0.4) is 0 Å². The highest BCUT2D eigenvalue weighted by Gasteiger charge is 2.69. The van der Waals surface area contributed by atoms with Gasteiger partial charge in [-0.05, 0) is 23.5 Å². The van der Waals surface area contributed by atoms with Crippen LogP contribution in [-0.2, 0) is 10.2 Å². The summed E-state index contributed by atoms with van der Waals surface area (Å²) in [4.78, 5) is 11.9. The lowest BCUT2D eigenvalue weighted by Crippen LogP contribution is -2.24. The van der Waals surface area contributed by atoms with Crippen molar-refractivity contribution in [2.45, 2.75) is 25.7 Å². The van der Waals surface area contributed by atoms with Crippen molar-refractivity contribution < 1.29 is 4.79 Å². The van der Waals surface area contributed by atoms with Crippen LogP contribution < -0.4 is 5.32 Å². The molecule has 1 heterocycles. The number of carbonyl (C=O) groups excluding carboxylic acids is 1. The summed E-state index contributed by atoms with van der Waals surface area (Å²) in [5.74, 6) is 0.184. The van der Waals surface area contributed by atoms with E-state index in [0.29, 0.717) is 0 Å². The van der Waals surface area contributed by atoms with Gasteiger partial charge in [-0.25, -0.2) is 0 Å². The fraction of sp³-hybridized carbons (Fsp3) is 0.417. The molecule has 3 rings (SSSR count). The van der Waals surface area contributed by atoms with Crippen LogP contribution in [0, 0.1) is 5.41 Å². The molecule has 0 aromatic heterocycles. The van der Waals surface area contributed by atoms with Crippen molar-refractivity contribution in [3.8, 4) is 0 Å². The van der Waals surface area contributed by atoms with Gasteiger partial charge in [0.2, 0.25) is 5.91 Å². The Morgan fingerprint density at radius 2 is 1.93 bits per heavy atom. The van der Waals surface area contributed by atoms with Crippen molar-refractivity contribution in [1.29, 1.82) is 0 Å². The van der Waals surface area contributed by atoms with E-state index in [0.717, 1.165) is 12.1 Å². The van der Waals surface area contributed by atoms with Crippen molar-refractivity contribution in [2.75, 3.05) is 5.32 Å². The minimum absolute atomic E-state index is 0.129. The van der Waals surface area contributed by atoms with Crippen LogP contribution in [0.5, 0.6) is 0 Å². The molecule has 2 heteroatoms. The summed E-state index contributed by atoms with van der Waals surface area (Å²) >= 11 is 0. The van der Waals surface area contributed by atoms with E-state index < -0.39 is 0 Å². The van der Waals surface area contributed by atoms with E-state index in [2.05, 4.69) is 25.2 Å². The number of anilines is 1. The zero-order chi connectivity index (χ0) is 9.97. The van der Waals surface area contributed by atoms with E-state index >= 15 is 0 Å². The number of amides is 1. The predicted octanol–water partition coefficient (Wildman–Crippen LogP) is 2.31. The average molecular weight is 187 g/mol. The maximum absolute atomic E-state index is 11.9. The van der Waals surface area contributed by atoms with Gasteiger partial charge in [0.1, 0.15) is 0 Å². The van der Waals surface area contributed by atoms with Crippen molar-refractivity contribution in [3.63, 3.8) is 0 Å². The molecule has 1 aliphatic carbocycles. The van der Waals surface area contributed by atoms with Crippen LogP contribution >= 0.6 is 0 Å². The van der Waals surface area contributed by atoms with Crippen molar-refractivity contribution in [1.82, 2.24) is 0 Å². The van der Waals surface area contributed by atoms with E-state index in [4.69, 9.17) is 0 Å². The Bertz CT molecular complexity index is 436. The molecule has 1 unspecified atom stereocenters. The van der Waals surface area contributed by atoms with Crippen LogP contribution in [-0.4, -0.2) is 5.91 Å². The molecule has 1 saturated carbocycles. The van der Waals surface area contributed by atoms with Gasteiger partial charge in [-0.15, -0.1) is 0 Å². The van der Waals surface area contributed by atoms with Gasteiger partial charge in [0.15, 0.2) is 0 Å². The van der Waals surface area contributed by atoms with Crippen LogP contribution in [0.4, 0.5) is 5.69 Å². The molecule has 0 saturated heterocycles. The Hall–Kier alpha value is -1.31. The fourth-order valence-corrected chi connectivity index (χ4v) is 2.78. The van der Waals surface area contributed by atoms with Crippen molar-refractivity contribution in [3.05, 3.63) is 29.8 Å². The third kappa shape index (κ3) is 0.671. The normalized spacial score (nSPS) is 31.4. The first-order chi connectivity index (χ1) is 6.58. The van der Waals surface area contributed by atoms with Crippen LogP contribution in [0.15, 0.2) is 24.3 Å². The van der Waals surface area contributed by atoms with E-state index in [1.54, 1.807) is 0 Å². The van der Waals surface area contributed by atoms with E-state index in [1.165, 1.54) is 5.56 Å². The van der Waals surface area contributed by atoms with Crippen molar-refractivity contribution >= 4 is 11.6 Å². The van der Waals surface area contributed by atoms with Gasteiger partial charge >= 0.3 is 0 Å². The van der Waals surface area contributed by atoms with Gasteiger partial charge in [-0.2, -0.15) is 0 Å². The summed E-state index contributed by atoms with van der Waals surface area (Å²) in [5.41, 5.74) is 2.10. The second kappa shape index (κ2) is 2.02. The quantitative estimate of drug-likeness (QED) is 0.663. The molecule has 2 aliphatic rings. The summed E-state index contributed by atoms with van der Waals surface area (Å²) in [6.07, 6.45) is 0.975. The monoisotopic (exact) mass is 187 g/mol. The van der Waals surface area contributed by atoms with E-state index in [1.807, 2.05) is 18.2 Å². The molecule has 1 amide bonds. The summed E-state index contributed by atoms with van der Waals surface area (Å²) < 4.78 is 0. The second-order valence-electron chi connectivity index (χ2n) is 4.97. The summed E-state index contributed by atoms with van der Waals surface area (Å²) in [6, 6.07) is 8.03. The lowest BCUT2D eigenvalue weighted by molar-refractivity contribution is -0.118. The Morgan fingerprint density at radius 1 is 1.29 bits per heavy atom. The molecule has 0 radical (unpaired) electrons. The second-order valence-corrected chi connectivity index (χ2v) is 4.97. The fourth-order valence-electron chi connectivity index (χ4n) is 2.78. The first-order valence-electron chi connectivity index (χ1n) is 4.99. The molecule has 2 nitrogen and oxygen atoms in total. The van der Waals surface area contributed by atoms with Crippen LogP contribution in [0.1, 0.15) is 25.8 Å². The first kappa shape index (κ1) is 8.04. The lowest BCUT2D eigenvalue weighted by atomic mass is 9.89. The number of nitrogens with one attached hydrogen (secondary N) is 1. The number of hydrogen-bond donors (Lipinski definition) is 1. The number of carbonyl (C=O) groups is 1. The molecule has 1 atom stereocenters. The molecule has 1 aliphatic heterocycles. The van der Waals surface area contributed by atoms with Crippen molar-refractivity contribution in [2.24, 2.45) is 5.41 Å². The molecule has 0 bridgehead atoms. The SMILES string of the molecule is CC1(C)CC12C(=O)Nc1ccccc12. The Balaban J connectivity index is 2.23. The minimum atomic E-state index is -0.219. The Kier molecular flexibility index (Phi) is 1.16. The molecular weight excluding hydrogens is 174 g/mol. The molecule has 1 aromatic carbocycles. The number of hydrogen-bond acceptors (Lipinski definition) is 1. The van der Waals surface area contributed by atoms with Gasteiger partial charge in [-0.1, -0.05) is 32.0 Å². The number of fused-ring (bicyclic) bond motifs is 2. The van der Waals surface area contributed by atoms with Gasteiger partial charge in [0.05, 0.1) is 5.41 Å². The van der Waals surface area contributed by atoms with Gasteiger partial charge in [0, 0.05) is 5.69 Å². The summed E-state index contributed by atoms with van der Waals surface area (Å²) in [5, 5.41) is 2.97. The predicted molar refractivity (Wildman–Crippen MR) is 55.1 cm³/mol. The highest BCUT2D eigenvalue weighted by atomic mass is 16.2. The molecule has 14 heavy (non-hydrogen) atoms. The maximum atomic E-state index is 11.9. The van der Waals surface area contributed by atoms with Crippen LogP contribution in [0.25, 0.3) is 0 Å². The van der Waals surface area contributed by atoms with Gasteiger partial charge in [-0.3, -0.25) is 4.79 Å². The Labute approximate surface area is 83.3 Å². The van der Waals surface area contributed by atoms with Gasteiger partial charge in [0.25, 0.3) is 0 Å². The Morgan fingerprint density at radius 3 is 2.57 bits per heavy atom. The standard InChI is InChI=1S/C12H13NO/c1-11(2)7-12(11)8-5-3-4-6-9(8)13-10(12)14/h3-6H,7H2,1-2H3,(H,13,14). The van der Waals surface area contributed by atoms with E-state index in [9.17, 15) is 4.79 Å².